The van der Waals surface area contributed by atoms with E-state index < -0.39 is 17.6 Å². The molecule has 0 atom stereocenters. The Bertz CT molecular complexity index is 3390. The summed E-state index contributed by atoms with van der Waals surface area (Å²) in [5.74, 6) is 2.32. The van der Waals surface area contributed by atoms with Gasteiger partial charge in [-0.15, -0.1) is 22.7 Å². The van der Waals surface area contributed by atoms with Crippen LogP contribution in [0.25, 0.3) is 43.1 Å². The van der Waals surface area contributed by atoms with E-state index in [4.69, 9.17) is 36.1 Å². The van der Waals surface area contributed by atoms with E-state index >= 15 is 0 Å². The number of rotatable bonds is 9. The van der Waals surface area contributed by atoms with Crippen molar-refractivity contribution in [1.82, 2.24) is 19.9 Å². The second-order valence-corrected chi connectivity index (χ2v) is 17.0. The van der Waals surface area contributed by atoms with Crippen LogP contribution >= 0.6 is 22.7 Å². The summed E-state index contributed by atoms with van der Waals surface area (Å²) in [6.07, 6.45) is -1.12. The molecule has 18 heteroatoms. The monoisotopic (exact) mass is 907 g/mol. The lowest BCUT2D eigenvalue weighted by Gasteiger charge is -2.30. The molecule has 4 aromatic carbocycles. The Labute approximate surface area is 376 Å². The number of nitrogens with one attached hydrogen (secondary N) is 3. The summed E-state index contributed by atoms with van der Waals surface area (Å²) in [7, 11) is 1.63. The summed E-state index contributed by atoms with van der Waals surface area (Å²) in [5.41, 5.74) is 19.1. The molecule has 13 nitrogen and oxygen atoms in total. The number of methoxy groups -OCH3 is 1. The lowest BCUT2D eigenvalue weighted by Crippen LogP contribution is -2.29. The van der Waals surface area contributed by atoms with Crippen molar-refractivity contribution in [3.63, 3.8) is 0 Å². The predicted molar refractivity (Wildman–Crippen MR) is 255 cm³/mol. The largest absolute Gasteiger partial charge is 0.497 e. The van der Waals surface area contributed by atoms with E-state index in [1.54, 1.807) is 30.9 Å². The number of aryl methyl sites for hydroxylation is 2. The van der Waals surface area contributed by atoms with E-state index in [-0.39, 0.29) is 12.5 Å². The fourth-order valence-electron chi connectivity index (χ4n) is 7.96. The van der Waals surface area contributed by atoms with E-state index in [1.165, 1.54) is 34.8 Å². The third-order valence-corrected chi connectivity index (χ3v) is 13.2. The van der Waals surface area contributed by atoms with Crippen LogP contribution in [0.2, 0.25) is 0 Å². The second kappa shape index (κ2) is 16.1. The van der Waals surface area contributed by atoms with Crippen LogP contribution in [-0.4, -0.2) is 45.5 Å². The number of thiophene rings is 2. The average Bonchev–Trinajstić information content (AvgIpc) is 3.95. The molecule has 0 spiro atoms. The molecule has 9 aromatic rings. The number of fused-ring (bicyclic) bond motifs is 4. The van der Waals surface area contributed by atoms with Crippen molar-refractivity contribution in [1.29, 1.82) is 0 Å². The van der Waals surface area contributed by atoms with Crippen LogP contribution in [0, 0.1) is 13.8 Å². The molecule has 0 saturated carbocycles. The van der Waals surface area contributed by atoms with Crippen molar-refractivity contribution >= 4 is 112 Å². The molecule has 0 unspecified atom stereocenters. The molecule has 5 aromatic heterocycles. The molecular weight excluding hydrogens is 872 g/mol. The maximum atomic E-state index is 14.3. The van der Waals surface area contributed by atoms with Gasteiger partial charge in [-0.1, -0.05) is 24.3 Å². The number of carbonyl (C=O) groups is 1. The molecule has 65 heavy (non-hydrogen) atoms. The highest BCUT2D eigenvalue weighted by Gasteiger charge is 2.32. The van der Waals surface area contributed by atoms with Crippen molar-refractivity contribution < 1.29 is 22.7 Å². The van der Waals surface area contributed by atoms with Gasteiger partial charge in [0.05, 0.1) is 50.4 Å². The Kier molecular flexibility index (Phi) is 10.2. The summed E-state index contributed by atoms with van der Waals surface area (Å²) in [6, 6.07) is 23.8. The quantitative estimate of drug-likeness (QED) is 0.0929. The number of amidine groups is 1. The average molecular weight is 908 g/mol. The number of hydrogen-bond acceptors (Lipinski definition) is 14. The number of halogens is 3. The first-order valence-corrected chi connectivity index (χ1v) is 21.8. The molecular formula is C47H36F3N11O2S2. The maximum Gasteiger partial charge on any atom is 0.416 e. The number of pyridine rings is 2. The molecule has 1 aliphatic rings. The van der Waals surface area contributed by atoms with Crippen LogP contribution in [0.15, 0.2) is 113 Å². The lowest BCUT2D eigenvalue weighted by molar-refractivity contribution is -0.137. The number of ether oxygens (including phenoxy) is 1. The third-order valence-electron chi connectivity index (χ3n) is 11.2. The van der Waals surface area contributed by atoms with Crippen LogP contribution < -0.4 is 37.1 Å². The van der Waals surface area contributed by atoms with Gasteiger partial charge in [-0.3, -0.25) is 4.79 Å². The Balaban J connectivity index is 1.00. The number of aliphatic imine (C=N–C) groups is 1. The molecule has 0 saturated heterocycles. The van der Waals surface area contributed by atoms with Crippen LogP contribution in [0.1, 0.15) is 31.9 Å². The molecule has 0 aliphatic carbocycles. The Morgan fingerprint density at radius 2 is 1.40 bits per heavy atom. The summed E-state index contributed by atoms with van der Waals surface area (Å²) in [5, 5.41) is 16.5. The fraction of sp³-hybridized carbons (Fsp3) is 0.106. The van der Waals surface area contributed by atoms with Gasteiger partial charge in [-0.25, -0.2) is 24.9 Å². The molecule has 1 amide bonds. The Morgan fingerprint density at radius 1 is 0.754 bits per heavy atom. The predicted octanol–water partition coefficient (Wildman–Crippen LogP) is 11.3. The number of alkyl halides is 3. The van der Waals surface area contributed by atoms with Crippen LogP contribution in [0.5, 0.6) is 5.75 Å². The van der Waals surface area contributed by atoms with Gasteiger partial charge in [-0.2, -0.15) is 13.2 Å². The van der Waals surface area contributed by atoms with Gasteiger partial charge < -0.3 is 37.1 Å². The van der Waals surface area contributed by atoms with Crippen LogP contribution in [0.4, 0.5) is 59.1 Å². The first-order chi connectivity index (χ1) is 31.4. The number of hydrogen-bond donors (Lipinski definition) is 5. The summed E-state index contributed by atoms with van der Waals surface area (Å²) >= 11 is 2.69. The minimum Gasteiger partial charge on any atom is -0.497 e. The fourth-order valence-corrected chi connectivity index (χ4v) is 9.82. The standard InChI is InChI=1S/C47H36F3N11O2S2/c1-23-4-14-31-29(16-18-53-43(31)56-26-8-6-25(7-9-26)47(48,49)50)35(23)59-46(62)33-20-64-39-36(33)58-45(60-42(39)52)34-21-65-40-38(34)61(22-55-41(40)51)37-24(2)5-15-32-30(37)17-19-54-44(32)57-27-10-12-28(63-3)13-11-27/h4-21H,22H2,1-3H3,(H2,51,55)(H,53,56)(H,54,57)(H,59,62)(H2,52,58,60). The molecule has 324 valence electrons. The summed E-state index contributed by atoms with van der Waals surface area (Å²) in [4.78, 5) is 40.9. The van der Waals surface area contributed by atoms with Crippen LogP contribution in [0.3, 0.4) is 0 Å². The van der Waals surface area contributed by atoms with E-state index in [0.29, 0.717) is 66.8 Å². The zero-order valence-corrected chi connectivity index (χ0v) is 36.3. The SMILES string of the molecule is COc1ccc(Nc2nccc3c(N4CN=C(N)c5scc(-c6nc(N)c7scc(C(=O)Nc8c(C)ccc9c(Nc%10ccc(C(F)(F)F)cc%10)nccc89)c7n6)c54)c(C)ccc23)cc1. The number of benzene rings is 4. The maximum absolute atomic E-state index is 14.3. The molecule has 6 heterocycles. The van der Waals surface area contributed by atoms with Gasteiger partial charge >= 0.3 is 6.18 Å². The smallest absolute Gasteiger partial charge is 0.416 e. The van der Waals surface area contributed by atoms with Crippen molar-refractivity contribution in [2.24, 2.45) is 10.7 Å². The van der Waals surface area contributed by atoms with E-state index in [9.17, 15) is 18.0 Å². The number of anilines is 8. The zero-order valence-electron chi connectivity index (χ0n) is 34.7. The second-order valence-electron chi connectivity index (χ2n) is 15.2. The minimum atomic E-state index is -4.46. The van der Waals surface area contributed by atoms with Crippen LogP contribution in [-0.2, 0) is 6.18 Å². The van der Waals surface area contributed by atoms with Crippen molar-refractivity contribution in [3.8, 4) is 17.1 Å². The normalized spacial score (nSPS) is 12.6. The third kappa shape index (κ3) is 7.41. The summed E-state index contributed by atoms with van der Waals surface area (Å²) in [6.45, 7) is 4.13. The van der Waals surface area contributed by atoms with Gasteiger partial charge in [0.25, 0.3) is 5.91 Å². The zero-order chi connectivity index (χ0) is 45.1. The number of nitrogens with zero attached hydrogens (tertiary/aromatic N) is 6. The van der Waals surface area contributed by atoms with Crippen molar-refractivity contribution in [2.75, 3.05) is 40.4 Å². The lowest BCUT2D eigenvalue weighted by atomic mass is 10.0. The van der Waals surface area contributed by atoms with E-state index in [1.807, 2.05) is 73.8 Å². The number of carbonyl (C=O) groups excluding carboxylic acids is 1. The molecule has 7 N–H and O–H groups in total. The topological polar surface area (TPSA) is 182 Å². The Morgan fingerprint density at radius 3 is 2.08 bits per heavy atom. The minimum absolute atomic E-state index is 0.214. The highest BCUT2D eigenvalue weighted by Crippen LogP contribution is 2.47. The van der Waals surface area contributed by atoms with Gasteiger partial charge in [0.1, 0.15) is 41.2 Å². The van der Waals surface area contributed by atoms with E-state index in [2.05, 4.69) is 25.8 Å². The van der Waals surface area contributed by atoms with Gasteiger partial charge in [-0.05, 0) is 85.6 Å². The Hall–Kier alpha value is -7.83. The molecule has 10 rings (SSSR count). The molecule has 1 aliphatic heterocycles. The number of amides is 1. The first-order valence-electron chi connectivity index (χ1n) is 20.0. The highest BCUT2D eigenvalue weighted by molar-refractivity contribution is 7.18. The van der Waals surface area contributed by atoms with Crippen molar-refractivity contribution in [2.45, 2.75) is 20.0 Å². The van der Waals surface area contributed by atoms with Crippen molar-refractivity contribution in [3.05, 3.63) is 135 Å². The molecule has 0 fully saturated rings. The molecule has 0 radical (unpaired) electrons. The van der Waals surface area contributed by atoms with Gasteiger partial charge in [0, 0.05) is 56.1 Å². The molecule has 0 bridgehead atoms. The number of nitrogen functional groups attached to an aromatic ring is 1. The number of aromatic nitrogens is 4. The van der Waals surface area contributed by atoms with Gasteiger partial charge in [0.15, 0.2) is 5.82 Å². The number of nitrogens with two attached hydrogens (primary N) is 2. The highest BCUT2D eigenvalue weighted by atomic mass is 32.1. The summed E-state index contributed by atoms with van der Waals surface area (Å²) < 4.78 is 45.5. The first kappa shape index (κ1) is 41.2. The van der Waals surface area contributed by atoms with E-state index in [0.717, 1.165) is 61.7 Å². The van der Waals surface area contributed by atoms with Gasteiger partial charge in [0.2, 0.25) is 0 Å².